The second-order valence-electron chi connectivity index (χ2n) is 6.46. The lowest BCUT2D eigenvalue weighted by Crippen LogP contribution is -2.40. The summed E-state index contributed by atoms with van der Waals surface area (Å²) in [6.07, 6.45) is 5.47. The second kappa shape index (κ2) is 6.24. The monoisotopic (exact) mass is 341 g/mol. The lowest BCUT2D eigenvalue weighted by Gasteiger charge is -2.28. The van der Waals surface area contributed by atoms with Crippen LogP contribution in [0.4, 0.5) is 0 Å². The molecule has 8 heteroatoms. The maximum absolute atomic E-state index is 12.7. The van der Waals surface area contributed by atoms with Crippen molar-refractivity contribution >= 4 is 16.0 Å². The molecule has 0 aromatic carbocycles. The average molecular weight is 341 g/mol. The molecule has 0 atom stereocenters. The van der Waals surface area contributed by atoms with E-state index in [1.807, 2.05) is 11.5 Å². The van der Waals surface area contributed by atoms with Crippen LogP contribution in [0.1, 0.15) is 38.4 Å². The number of carboxylic acids is 1. The predicted octanol–water partition coefficient (Wildman–Crippen LogP) is 1.34. The van der Waals surface area contributed by atoms with Crippen LogP contribution in [0.15, 0.2) is 11.2 Å². The molecule has 2 heterocycles. The van der Waals surface area contributed by atoms with Crippen molar-refractivity contribution in [1.29, 1.82) is 0 Å². The number of aliphatic carboxylic acids is 1. The zero-order valence-corrected chi connectivity index (χ0v) is 14.1. The highest BCUT2D eigenvalue weighted by atomic mass is 32.2. The Morgan fingerprint density at radius 1 is 1.30 bits per heavy atom. The minimum atomic E-state index is -3.63. The first-order chi connectivity index (χ1) is 10.9. The van der Waals surface area contributed by atoms with E-state index in [1.165, 1.54) is 17.1 Å². The van der Waals surface area contributed by atoms with Gasteiger partial charge in [0, 0.05) is 32.3 Å². The van der Waals surface area contributed by atoms with Gasteiger partial charge in [0.25, 0.3) is 10.0 Å². The highest BCUT2D eigenvalue weighted by Gasteiger charge is 2.34. The van der Waals surface area contributed by atoms with Crippen molar-refractivity contribution in [3.8, 4) is 0 Å². The van der Waals surface area contributed by atoms with Gasteiger partial charge in [0.15, 0.2) is 5.03 Å². The number of aromatic nitrogens is 2. The Morgan fingerprint density at radius 2 is 1.96 bits per heavy atom. The largest absolute Gasteiger partial charge is 0.481 e. The number of nitrogens with zero attached hydrogens (tertiary/aromatic N) is 3. The van der Waals surface area contributed by atoms with E-state index in [9.17, 15) is 13.2 Å². The number of sulfonamides is 1. The molecule has 0 bridgehead atoms. The lowest BCUT2D eigenvalue weighted by molar-refractivity contribution is -0.142. The third-order valence-electron chi connectivity index (χ3n) is 4.71. The van der Waals surface area contributed by atoms with Gasteiger partial charge in [0.2, 0.25) is 0 Å². The SMILES string of the molecule is CCc1nc(S(=O)(=O)N2CCC(C(=O)O)CC2)cn1CC1CC1. The van der Waals surface area contributed by atoms with Crippen LogP contribution in [-0.4, -0.2) is 46.4 Å². The van der Waals surface area contributed by atoms with Crippen molar-refractivity contribution in [2.75, 3.05) is 13.1 Å². The van der Waals surface area contributed by atoms with Gasteiger partial charge in [-0.25, -0.2) is 13.4 Å². The molecule has 1 aliphatic carbocycles. The van der Waals surface area contributed by atoms with E-state index in [-0.39, 0.29) is 18.1 Å². The number of rotatable bonds is 6. The Labute approximate surface area is 136 Å². The summed E-state index contributed by atoms with van der Waals surface area (Å²) < 4.78 is 28.8. The lowest BCUT2D eigenvalue weighted by atomic mass is 9.99. The van der Waals surface area contributed by atoms with E-state index < -0.39 is 21.9 Å². The van der Waals surface area contributed by atoms with Gasteiger partial charge in [-0.3, -0.25) is 4.79 Å². The molecule has 0 unspecified atom stereocenters. The van der Waals surface area contributed by atoms with Crippen LogP contribution in [0.25, 0.3) is 0 Å². The molecular formula is C15H23N3O4S. The van der Waals surface area contributed by atoms with E-state index in [4.69, 9.17) is 5.11 Å². The third-order valence-corrected chi connectivity index (χ3v) is 6.48. The van der Waals surface area contributed by atoms with Crippen LogP contribution in [0.2, 0.25) is 0 Å². The number of hydrogen-bond donors (Lipinski definition) is 1. The minimum absolute atomic E-state index is 0.101. The maximum atomic E-state index is 12.7. The fourth-order valence-electron chi connectivity index (χ4n) is 3.05. The van der Waals surface area contributed by atoms with Gasteiger partial charge in [0.05, 0.1) is 5.92 Å². The summed E-state index contributed by atoms with van der Waals surface area (Å²) in [4.78, 5) is 15.3. The molecule has 1 saturated heterocycles. The maximum Gasteiger partial charge on any atom is 0.306 e. The van der Waals surface area contributed by atoms with Gasteiger partial charge in [-0.1, -0.05) is 6.92 Å². The Morgan fingerprint density at radius 3 is 2.48 bits per heavy atom. The van der Waals surface area contributed by atoms with Crippen molar-refractivity contribution in [2.24, 2.45) is 11.8 Å². The molecular weight excluding hydrogens is 318 g/mol. The highest BCUT2D eigenvalue weighted by molar-refractivity contribution is 7.89. The fourth-order valence-corrected chi connectivity index (χ4v) is 4.48. The summed E-state index contributed by atoms with van der Waals surface area (Å²) in [5.41, 5.74) is 0. The van der Waals surface area contributed by atoms with E-state index in [1.54, 1.807) is 6.20 Å². The normalized spacial score (nSPS) is 20.7. The molecule has 0 radical (unpaired) electrons. The van der Waals surface area contributed by atoms with Crippen LogP contribution in [0.5, 0.6) is 0 Å². The number of hydrogen-bond acceptors (Lipinski definition) is 4. The van der Waals surface area contributed by atoms with E-state index >= 15 is 0 Å². The molecule has 2 fully saturated rings. The second-order valence-corrected chi connectivity index (χ2v) is 8.35. The zero-order valence-electron chi connectivity index (χ0n) is 13.3. The molecule has 3 rings (SSSR count). The first-order valence-corrected chi connectivity index (χ1v) is 9.64. The summed E-state index contributed by atoms with van der Waals surface area (Å²) >= 11 is 0. The molecule has 1 aliphatic heterocycles. The molecule has 1 aromatic heterocycles. The summed E-state index contributed by atoms with van der Waals surface area (Å²) in [6.45, 7) is 3.31. The molecule has 128 valence electrons. The molecule has 2 aliphatic rings. The van der Waals surface area contributed by atoms with Crippen molar-refractivity contribution in [3.05, 3.63) is 12.0 Å². The van der Waals surface area contributed by atoms with Crippen LogP contribution in [-0.2, 0) is 27.8 Å². The molecule has 1 aromatic rings. The molecule has 1 saturated carbocycles. The summed E-state index contributed by atoms with van der Waals surface area (Å²) in [5.74, 6) is 0.163. The van der Waals surface area contributed by atoms with Crippen molar-refractivity contribution in [1.82, 2.24) is 13.9 Å². The first-order valence-electron chi connectivity index (χ1n) is 8.20. The van der Waals surface area contributed by atoms with Crippen LogP contribution in [0.3, 0.4) is 0 Å². The van der Waals surface area contributed by atoms with Crippen molar-refractivity contribution in [3.63, 3.8) is 0 Å². The Balaban J connectivity index is 1.77. The Hall–Kier alpha value is -1.41. The number of piperidine rings is 1. The minimum Gasteiger partial charge on any atom is -0.481 e. The summed E-state index contributed by atoms with van der Waals surface area (Å²) in [5, 5.41) is 9.12. The standard InChI is InChI=1S/C15H23N3O4S/c1-2-13-16-14(10-17(13)9-11-3-4-11)23(21,22)18-7-5-12(6-8-18)15(19)20/h10-12H,2-9H2,1H3,(H,19,20). The van der Waals surface area contributed by atoms with E-state index in [0.717, 1.165) is 12.4 Å². The van der Waals surface area contributed by atoms with Crippen LogP contribution >= 0.6 is 0 Å². The van der Waals surface area contributed by atoms with Gasteiger partial charge in [-0.15, -0.1) is 0 Å². The topological polar surface area (TPSA) is 92.5 Å². The number of carbonyl (C=O) groups is 1. The average Bonchev–Trinajstić information content (AvgIpc) is 3.24. The fraction of sp³-hybridized carbons (Fsp3) is 0.733. The van der Waals surface area contributed by atoms with Gasteiger partial charge in [-0.05, 0) is 31.6 Å². The summed E-state index contributed by atoms with van der Waals surface area (Å²) in [6, 6.07) is 0. The van der Waals surface area contributed by atoms with Crippen molar-refractivity contribution < 1.29 is 18.3 Å². The zero-order chi connectivity index (χ0) is 16.6. The molecule has 7 nitrogen and oxygen atoms in total. The predicted molar refractivity (Wildman–Crippen MR) is 83.4 cm³/mol. The van der Waals surface area contributed by atoms with Gasteiger partial charge in [-0.2, -0.15) is 4.31 Å². The number of imidazole rings is 1. The Bertz CT molecular complexity index is 686. The molecule has 23 heavy (non-hydrogen) atoms. The Kier molecular flexibility index (Phi) is 4.46. The van der Waals surface area contributed by atoms with Crippen LogP contribution in [0, 0.1) is 11.8 Å². The highest BCUT2D eigenvalue weighted by Crippen LogP contribution is 2.32. The quantitative estimate of drug-likeness (QED) is 0.843. The molecule has 0 amide bonds. The molecule has 1 N–H and O–H groups in total. The summed E-state index contributed by atoms with van der Waals surface area (Å²) in [7, 11) is -3.63. The van der Waals surface area contributed by atoms with Gasteiger partial charge in [0.1, 0.15) is 5.82 Å². The van der Waals surface area contributed by atoms with E-state index in [0.29, 0.717) is 25.2 Å². The third kappa shape index (κ3) is 3.42. The smallest absolute Gasteiger partial charge is 0.306 e. The number of carboxylic acid groups (broad SMARTS) is 1. The first kappa shape index (κ1) is 16.4. The van der Waals surface area contributed by atoms with E-state index in [2.05, 4.69) is 4.98 Å². The van der Waals surface area contributed by atoms with Crippen LogP contribution < -0.4 is 0 Å². The van der Waals surface area contributed by atoms with Gasteiger partial charge < -0.3 is 9.67 Å². The number of aryl methyl sites for hydroxylation is 1. The molecule has 0 spiro atoms. The van der Waals surface area contributed by atoms with Gasteiger partial charge >= 0.3 is 5.97 Å². The van der Waals surface area contributed by atoms with Crippen molar-refractivity contribution in [2.45, 2.75) is 50.6 Å².